The summed E-state index contributed by atoms with van der Waals surface area (Å²) in [5.74, 6) is 1.54. The molecule has 1 atom stereocenters. The van der Waals surface area contributed by atoms with E-state index in [9.17, 15) is 0 Å². The standard InChI is InChI=1S/C17H24BrClO/c1-2-11-20-16-10-9-14(12-15(16)18)17(19)13-7-5-3-4-6-8-13/h9-10,12-13,17H,2-8,11H2,1H3. The van der Waals surface area contributed by atoms with Crippen LogP contribution in [0.3, 0.4) is 0 Å². The lowest BCUT2D eigenvalue weighted by Crippen LogP contribution is -2.07. The molecular formula is C17H24BrClO. The predicted molar refractivity (Wildman–Crippen MR) is 89.7 cm³/mol. The van der Waals surface area contributed by atoms with Gasteiger partial charge in [-0.2, -0.15) is 0 Å². The Kier molecular flexibility index (Phi) is 6.70. The van der Waals surface area contributed by atoms with Crippen molar-refractivity contribution < 1.29 is 4.74 Å². The van der Waals surface area contributed by atoms with Crippen LogP contribution in [0.25, 0.3) is 0 Å². The molecule has 0 N–H and O–H groups in total. The van der Waals surface area contributed by atoms with E-state index in [1.54, 1.807) is 0 Å². The lowest BCUT2D eigenvalue weighted by Gasteiger charge is -2.21. The first-order chi connectivity index (χ1) is 9.72. The van der Waals surface area contributed by atoms with E-state index in [1.165, 1.54) is 44.1 Å². The Hall–Kier alpha value is -0.210. The quantitative estimate of drug-likeness (QED) is 0.431. The highest BCUT2D eigenvalue weighted by Crippen LogP contribution is 2.40. The summed E-state index contributed by atoms with van der Waals surface area (Å²) >= 11 is 10.3. The lowest BCUT2D eigenvalue weighted by atomic mass is 9.92. The van der Waals surface area contributed by atoms with Crippen molar-refractivity contribution in [3.05, 3.63) is 28.2 Å². The van der Waals surface area contributed by atoms with E-state index in [0.717, 1.165) is 23.2 Å². The SMILES string of the molecule is CCCOc1ccc(C(Cl)C2CCCCCC2)cc1Br. The third-order valence-electron chi connectivity index (χ3n) is 4.05. The van der Waals surface area contributed by atoms with Crippen molar-refractivity contribution in [2.45, 2.75) is 57.2 Å². The van der Waals surface area contributed by atoms with E-state index >= 15 is 0 Å². The van der Waals surface area contributed by atoms with Crippen LogP contribution in [0.15, 0.2) is 22.7 Å². The molecule has 0 amide bonds. The molecule has 0 bridgehead atoms. The van der Waals surface area contributed by atoms with Crippen LogP contribution in [-0.2, 0) is 0 Å². The largest absolute Gasteiger partial charge is 0.492 e. The average Bonchev–Trinajstić information content (AvgIpc) is 2.74. The minimum absolute atomic E-state index is 0.129. The Balaban J connectivity index is 2.05. The zero-order valence-corrected chi connectivity index (χ0v) is 14.5. The molecule has 112 valence electrons. The van der Waals surface area contributed by atoms with Crippen LogP contribution >= 0.6 is 27.5 Å². The van der Waals surface area contributed by atoms with Crippen LogP contribution in [0.1, 0.15) is 62.8 Å². The number of hydrogen-bond acceptors (Lipinski definition) is 1. The van der Waals surface area contributed by atoms with Crippen molar-refractivity contribution in [1.29, 1.82) is 0 Å². The third kappa shape index (κ3) is 4.39. The molecule has 1 fully saturated rings. The molecule has 3 heteroatoms. The molecule has 1 nitrogen and oxygen atoms in total. The topological polar surface area (TPSA) is 9.23 Å². The minimum atomic E-state index is 0.129. The van der Waals surface area contributed by atoms with Gasteiger partial charge in [0.1, 0.15) is 5.75 Å². The highest BCUT2D eigenvalue weighted by atomic mass is 79.9. The van der Waals surface area contributed by atoms with E-state index < -0.39 is 0 Å². The van der Waals surface area contributed by atoms with Crippen molar-refractivity contribution in [2.24, 2.45) is 5.92 Å². The molecule has 1 aliphatic carbocycles. The average molecular weight is 360 g/mol. The highest BCUT2D eigenvalue weighted by molar-refractivity contribution is 9.10. The van der Waals surface area contributed by atoms with E-state index in [4.69, 9.17) is 16.3 Å². The third-order valence-corrected chi connectivity index (χ3v) is 5.28. The Bertz CT molecular complexity index is 413. The van der Waals surface area contributed by atoms with Gasteiger partial charge in [-0.1, -0.05) is 38.7 Å². The zero-order valence-electron chi connectivity index (χ0n) is 12.2. The van der Waals surface area contributed by atoms with E-state index in [2.05, 4.69) is 35.0 Å². The van der Waals surface area contributed by atoms with Gasteiger partial charge in [0.25, 0.3) is 0 Å². The smallest absolute Gasteiger partial charge is 0.133 e. The molecule has 1 unspecified atom stereocenters. The second kappa shape index (κ2) is 8.29. The molecule has 0 spiro atoms. The molecule has 2 rings (SSSR count). The van der Waals surface area contributed by atoms with Gasteiger partial charge in [-0.15, -0.1) is 11.6 Å². The fourth-order valence-corrected chi connectivity index (χ4v) is 3.79. The maximum absolute atomic E-state index is 6.72. The number of hydrogen-bond donors (Lipinski definition) is 0. The van der Waals surface area contributed by atoms with Gasteiger partial charge in [-0.25, -0.2) is 0 Å². The molecule has 20 heavy (non-hydrogen) atoms. The minimum Gasteiger partial charge on any atom is -0.492 e. The van der Waals surface area contributed by atoms with E-state index in [-0.39, 0.29) is 5.38 Å². The van der Waals surface area contributed by atoms with Gasteiger partial charge in [-0.05, 0) is 58.8 Å². The molecule has 1 aromatic rings. The summed E-state index contributed by atoms with van der Waals surface area (Å²) in [5, 5.41) is 0.129. The summed E-state index contributed by atoms with van der Waals surface area (Å²) in [4.78, 5) is 0. The van der Waals surface area contributed by atoms with Gasteiger partial charge in [0.2, 0.25) is 0 Å². The molecule has 0 aromatic heterocycles. The first-order valence-electron chi connectivity index (χ1n) is 7.78. The summed E-state index contributed by atoms with van der Waals surface area (Å²) in [6.45, 7) is 2.87. The first kappa shape index (κ1) is 16.2. The molecule has 0 saturated heterocycles. The number of alkyl halides is 1. The van der Waals surface area contributed by atoms with Gasteiger partial charge in [0, 0.05) is 0 Å². The number of rotatable bonds is 5. The maximum Gasteiger partial charge on any atom is 0.133 e. The Morgan fingerprint density at radius 1 is 1.25 bits per heavy atom. The highest BCUT2D eigenvalue weighted by Gasteiger charge is 2.22. The summed E-state index contributed by atoms with van der Waals surface area (Å²) in [6, 6.07) is 6.30. The Morgan fingerprint density at radius 3 is 2.55 bits per heavy atom. The molecule has 1 aromatic carbocycles. The van der Waals surface area contributed by atoms with Gasteiger partial charge in [0.15, 0.2) is 0 Å². The van der Waals surface area contributed by atoms with Crippen molar-refractivity contribution in [2.75, 3.05) is 6.61 Å². The molecule has 0 radical (unpaired) electrons. The molecular weight excluding hydrogens is 336 g/mol. The molecule has 0 heterocycles. The number of benzene rings is 1. The summed E-state index contributed by atoms with van der Waals surface area (Å²) in [7, 11) is 0. The van der Waals surface area contributed by atoms with Gasteiger partial charge in [0.05, 0.1) is 16.5 Å². The van der Waals surface area contributed by atoms with Crippen LogP contribution in [0.5, 0.6) is 5.75 Å². The second-order valence-electron chi connectivity index (χ2n) is 5.69. The Morgan fingerprint density at radius 2 is 1.95 bits per heavy atom. The van der Waals surface area contributed by atoms with Gasteiger partial charge >= 0.3 is 0 Å². The molecule has 1 saturated carbocycles. The summed E-state index contributed by atoms with van der Waals surface area (Å²) in [5.41, 5.74) is 1.22. The maximum atomic E-state index is 6.72. The molecule has 0 aliphatic heterocycles. The van der Waals surface area contributed by atoms with Crippen LogP contribution in [-0.4, -0.2) is 6.61 Å². The summed E-state index contributed by atoms with van der Waals surface area (Å²) < 4.78 is 6.71. The second-order valence-corrected chi connectivity index (χ2v) is 7.02. The van der Waals surface area contributed by atoms with Crippen LogP contribution < -0.4 is 4.74 Å². The molecule has 1 aliphatic rings. The van der Waals surface area contributed by atoms with Crippen LogP contribution in [0, 0.1) is 5.92 Å². The van der Waals surface area contributed by atoms with Crippen molar-refractivity contribution in [3.63, 3.8) is 0 Å². The van der Waals surface area contributed by atoms with E-state index in [1.807, 2.05) is 6.07 Å². The fraction of sp³-hybridized carbons (Fsp3) is 0.647. The van der Waals surface area contributed by atoms with Crippen LogP contribution in [0.4, 0.5) is 0 Å². The summed E-state index contributed by atoms with van der Waals surface area (Å²) in [6.07, 6.45) is 8.94. The zero-order chi connectivity index (χ0) is 14.4. The van der Waals surface area contributed by atoms with Gasteiger partial charge < -0.3 is 4.74 Å². The number of ether oxygens (including phenoxy) is 1. The van der Waals surface area contributed by atoms with Gasteiger partial charge in [-0.3, -0.25) is 0 Å². The van der Waals surface area contributed by atoms with Crippen molar-refractivity contribution in [3.8, 4) is 5.75 Å². The number of halogens is 2. The van der Waals surface area contributed by atoms with E-state index in [0.29, 0.717) is 5.92 Å². The monoisotopic (exact) mass is 358 g/mol. The van der Waals surface area contributed by atoms with Crippen LogP contribution in [0.2, 0.25) is 0 Å². The lowest BCUT2D eigenvalue weighted by molar-refractivity contribution is 0.315. The first-order valence-corrected chi connectivity index (χ1v) is 9.01. The van der Waals surface area contributed by atoms with Crippen molar-refractivity contribution >= 4 is 27.5 Å². The predicted octanol–water partition coefficient (Wildman–Crippen LogP) is 6.49. The fourth-order valence-electron chi connectivity index (χ4n) is 2.89. The van der Waals surface area contributed by atoms with Crippen molar-refractivity contribution in [1.82, 2.24) is 0 Å². The normalized spacial score (nSPS) is 18.6. The Labute approximate surface area is 136 Å².